The largest absolute Gasteiger partial charge is 0.495 e. The van der Waals surface area contributed by atoms with E-state index < -0.39 is 11.6 Å². The number of anilines is 1. The maximum atomic E-state index is 13.9. The number of nitrogens with zero attached hydrogens (tertiary/aromatic N) is 1. The van der Waals surface area contributed by atoms with Crippen molar-refractivity contribution in [2.75, 3.05) is 12.8 Å². The minimum Gasteiger partial charge on any atom is -0.495 e. The van der Waals surface area contributed by atoms with Crippen LogP contribution in [-0.2, 0) is 0 Å². The van der Waals surface area contributed by atoms with Crippen LogP contribution in [0.25, 0.3) is 11.1 Å². The van der Waals surface area contributed by atoms with Crippen LogP contribution in [0.1, 0.15) is 0 Å². The second-order valence-electron chi connectivity index (χ2n) is 3.26. The first kappa shape index (κ1) is 11.7. The molecule has 1 heterocycles. The fourth-order valence-corrected chi connectivity index (χ4v) is 1.69. The van der Waals surface area contributed by atoms with Gasteiger partial charge >= 0.3 is 0 Å². The van der Waals surface area contributed by atoms with Crippen molar-refractivity contribution in [2.45, 2.75) is 0 Å². The molecule has 0 saturated heterocycles. The van der Waals surface area contributed by atoms with Gasteiger partial charge in [-0.3, -0.25) is 5.10 Å². The van der Waals surface area contributed by atoms with Gasteiger partial charge in [0.15, 0.2) is 5.82 Å². The molecule has 17 heavy (non-hydrogen) atoms. The summed E-state index contributed by atoms with van der Waals surface area (Å²) in [6.45, 7) is 0. The van der Waals surface area contributed by atoms with Crippen LogP contribution in [0.5, 0.6) is 5.75 Å². The Morgan fingerprint density at radius 1 is 1.47 bits per heavy atom. The number of nitrogens with two attached hydrogens (primary N) is 1. The van der Waals surface area contributed by atoms with E-state index >= 15 is 0 Å². The monoisotopic (exact) mass is 259 g/mol. The van der Waals surface area contributed by atoms with E-state index in [1.807, 2.05) is 0 Å². The van der Waals surface area contributed by atoms with Crippen LogP contribution in [0, 0.1) is 11.6 Å². The third-order valence-corrected chi connectivity index (χ3v) is 2.64. The number of aromatic amines is 1. The molecule has 0 spiro atoms. The van der Waals surface area contributed by atoms with Gasteiger partial charge in [0, 0.05) is 11.6 Å². The highest BCUT2D eigenvalue weighted by Crippen LogP contribution is 2.38. The summed E-state index contributed by atoms with van der Waals surface area (Å²) in [6, 6.07) is 0.993. The number of nitrogen functional groups attached to an aromatic ring is 1. The maximum absolute atomic E-state index is 13.9. The fraction of sp³-hybridized carbons (Fsp3) is 0.100. The summed E-state index contributed by atoms with van der Waals surface area (Å²) in [4.78, 5) is 0. The van der Waals surface area contributed by atoms with E-state index in [4.69, 9.17) is 22.1 Å². The predicted octanol–water partition coefficient (Wildman–Crippen LogP) is 2.60. The van der Waals surface area contributed by atoms with Crippen LogP contribution in [-0.4, -0.2) is 17.3 Å². The molecule has 1 aromatic heterocycles. The van der Waals surface area contributed by atoms with Crippen LogP contribution >= 0.6 is 11.6 Å². The molecule has 0 aliphatic carbocycles. The van der Waals surface area contributed by atoms with Crippen molar-refractivity contribution in [2.24, 2.45) is 0 Å². The molecule has 3 N–H and O–H groups in total. The highest BCUT2D eigenvalue weighted by atomic mass is 35.5. The molecule has 0 unspecified atom stereocenters. The number of halogens is 3. The van der Waals surface area contributed by atoms with Gasteiger partial charge in [0.2, 0.25) is 0 Å². The van der Waals surface area contributed by atoms with Crippen molar-refractivity contribution in [3.05, 3.63) is 28.9 Å². The number of nitrogens with one attached hydrogen (secondary N) is 1. The standard InChI is InChI=1S/C10H8ClF2N3O/c1-17-6-2-5(12)7(9(13)8(6)11)4-3-15-16-10(4)14/h2-3H,1H3,(H3,14,15,16). The SMILES string of the molecule is COc1cc(F)c(-c2cn[nH]c2N)c(F)c1Cl. The average molecular weight is 260 g/mol. The van der Waals surface area contributed by atoms with Gasteiger partial charge < -0.3 is 10.5 Å². The topological polar surface area (TPSA) is 63.9 Å². The normalized spacial score (nSPS) is 10.6. The summed E-state index contributed by atoms with van der Waals surface area (Å²) in [7, 11) is 1.27. The lowest BCUT2D eigenvalue weighted by molar-refractivity contribution is 0.407. The van der Waals surface area contributed by atoms with Crippen molar-refractivity contribution >= 4 is 17.4 Å². The molecule has 0 aliphatic heterocycles. The number of hydrogen-bond acceptors (Lipinski definition) is 3. The first-order valence-corrected chi connectivity index (χ1v) is 4.94. The van der Waals surface area contributed by atoms with Gasteiger partial charge in [-0.2, -0.15) is 5.10 Å². The number of rotatable bonds is 2. The maximum Gasteiger partial charge on any atom is 0.156 e. The fourth-order valence-electron chi connectivity index (χ4n) is 1.46. The van der Waals surface area contributed by atoms with Gasteiger partial charge in [-0.05, 0) is 0 Å². The Kier molecular flexibility index (Phi) is 2.89. The Bertz CT molecular complexity index is 571. The predicted molar refractivity (Wildman–Crippen MR) is 59.9 cm³/mol. The summed E-state index contributed by atoms with van der Waals surface area (Å²) >= 11 is 5.70. The number of H-pyrrole nitrogens is 1. The molecular weight excluding hydrogens is 252 g/mol. The smallest absolute Gasteiger partial charge is 0.156 e. The second kappa shape index (κ2) is 4.21. The molecule has 2 rings (SSSR count). The van der Waals surface area contributed by atoms with Crippen LogP contribution < -0.4 is 10.5 Å². The lowest BCUT2D eigenvalue weighted by Crippen LogP contribution is -1.97. The summed E-state index contributed by atoms with van der Waals surface area (Å²) in [5.74, 6) is -1.77. The zero-order valence-electron chi connectivity index (χ0n) is 8.72. The quantitative estimate of drug-likeness (QED) is 0.815. The number of methoxy groups -OCH3 is 1. The zero-order valence-corrected chi connectivity index (χ0v) is 9.48. The number of aromatic nitrogens is 2. The van der Waals surface area contributed by atoms with Crippen molar-refractivity contribution in [1.29, 1.82) is 0 Å². The van der Waals surface area contributed by atoms with Crippen LogP contribution in [0.4, 0.5) is 14.6 Å². The lowest BCUT2D eigenvalue weighted by Gasteiger charge is -2.09. The molecule has 2 aromatic rings. The van der Waals surface area contributed by atoms with Gasteiger partial charge in [-0.25, -0.2) is 8.78 Å². The molecule has 1 aromatic carbocycles. The summed E-state index contributed by atoms with van der Waals surface area (Å²) in [5, 5.41) is 5.68. The Hall–Kier alpha value is -1.82. The third-order valence-electron chi connectivity index (χ3n) is 2.28. The molecule has 0 aliphatic rings. The Morgan fingerprint density at radius 2 is 2.18 bits per heavy atom. The number of hydrogen-bond donors (Lipinski definition) is 2. The summed E-state index contributed by atoms with van der Waals surface area (Å²) < 4.78 is 32.4. The van der Waals surface area contributed by atoms with Crippen molar-refractivity contribution < 1.29 is 13.5 Å². The molecule has 0 amide bonds. The summed E-state index contributed by atoms with van der Waals surface area (Å²) in [5.41, 5.74) is 5.29. The minimum absolute atomic E-state index is 0.0593. The molecule has 0 atom stereocenters. The lowest BCUT2D eigenvalue weighted by atomic mass is 10.1. The molecular formula is C10H8ClF2N3O. The van der Waals surface area contributed by atoms with Crippen molar-refractivity contribution in [3.63, 3.8) is 0 Å². The van der Waals surface area contributed by atoms with Gasteiger partial charge in [0.05, 0.1) is 18.9 Å². The van der Waals surface area contributed by atoms with Gasteiger partial charge in [-0.15, -0.1) is 0 Å². The van der Waals surface area contributed by atoms with Crippen LogP contribution in [0.2, 0.25) is 5.02 Å². The zero-order chi connectivity index (χ0) is 12.6. The average Bonchev–Trinajstić information content (AvgIpc) is 2.70. The van der Waals surface area contributed by atoms with Gasteiger partial charge in [0.25, 0.3) is 0 Å². The highest BCUT2D eigenvalue weighted by molar-refractivity contribution is 6.32. The second-order valence-corrected chi connectivity index (χ2v) is 3.64. The van der Waals surface area contributed by atoms with Gasteiger partial charge in [0.1, 0.15) is 22.4 Å². The van der Waals surface area contributed by atoms with E-state index in [9.17, 15) is 8.78 Å². The molecule has 0 fully saturated rings. The molecule has 90 valence electrons. The molecule has 0 bridgehead atoms. The molecule has 4 nitrogen and oxygen atoms in total. The van der Waals surface area contributed by atoms with Crippen LogP contribution in [0.15, 0.2) is 12.3 Å². The van der Waals surface area contributed by atoms with Crippen LogP contribution in [0.3, 0.4) is 0 Å². The molecule has 7 heteroatoms. The van der Waals surface area contributed by atoms with E-state index in [1.54, 1.807) is 0 Å². The number of ether oxygens (including phenoxy) is 1. The van der Waals surface area contributed by atoms with Gasteiger partial charge in [-0.1, -0.05) is 11.6 Å². The molecule has 0 saturated carbocycles. The molecule has 0 radical (unpaired) electrons. The van der Waals surface area contributed by atoms with Crippen molar-refractivity contribution in [1.82, 2.24) is 10.2 Å². The first-order valence-electron chi connectivity index (χ1n) is 4.57. The van der Waals surface area contributed by atoms with E-state index in [0.29, 0.717) is 0 Å². The van der Waals surface area contributed by atoms with E-state index in [2.05, 4.69) is 10.2 Å². The highest BCUT2D eigenvalue weighted by Gasteiger charge is 2.21. The summed E-state index contributed by atoms with van der Waals surface area (Å²) in [6.07, 6.45) is 1.22. The third kappa shape index (κ3) is 1.80. The number of benzene rings is 1. The Morgan fingerprint density at radius 3 is 2.71 bits per heavy atom. The minimum atomic E-state index is -0.934. The van der Waals surface area contributed by atoms with Crippen molar-refractivity contribution in [3.8, 4) is 16.9 Å². The first-order chi connectivity index (χ1) is 8.06. The Labute approximate surface area is 100 Å². The van der Waals surface area contributed by atoms with E-state index in [-0.39, 0.29) is 27.7 Å². The van der Waals surface area contributed by atoms with E-state index in [1.165, 1.54) is 13.3 Å². The Balaban J connectivity index is 2.72. The van der Waals surface area contributed by atoms with E-state index in [0.717, 1.165) is 6.07 Å².